The summed E-state index contributed by atoms with van der Waals surface area (Å²) < 4.78 is 1.74. The van der Waals surface area contributed by atoms with Crippen LogP contribution in [-0.2, 0) is 18.3 Å². The molecule has 1 N–H and O–H groups in total. The Kier molecular flexibility index (Phi) is 6.12. The molecule has 3 aromatic rings. The molecule has 0 aliphatic carbocycles. The lowest BCUT2D eigenvalue weighted by Crippen LogP contribution is -2.39. The third kappa shape index (κ3) is 5.08. The van der Waals surface area contributed by atoms with Crippen molar-refractivity contribution in [3.8, 4) is 0 Å². The summed E-state index contributed by atoms with van der Waals surface area (Å²) in [5.41, 5.74) is 1.85. The van der Waals surface area contributed by atoms with E-state index in [0.717, 1.165) is 49.6 Å². The van der Waals surface area contributed by atoms with Gasteiger partial charge in [0.2, 0.25) is 5.91 Å². The second-order valence-electron chi connectivity index (χ2n) is 7.44. The van der Waals surface area contributed by atoms with Gasteiger partial charge in [-0.3, -0.25) is 14.5 Å². The van der Waals surface area contributed by atoms with Gasteiger partial charge < -0.3 is 10.2 Å². The predicted molar refractivity (Wildman–Crippen MR) is 115 cm³/mol. The van der Waals surface area contributed by atoms with Crippen molar-refractivity contribution in [1.82, 2.24) is 29.6 Å². The van der Waals surface area contributed by atoms with Gasteiger partial charge in [-0.2, -0.15) is 5.10 Å². The lowest BCUT2D eigenvalue weighted by atomic mass is 9.93. The van der Waals surface area contributed by atoms with Crippen molar-refractivity contribution in [2.45, 2.75) is 19.3 Å². The highest BCUT2D eigenvalue weighted by molar-refractivity contribution is 5.91. The minimum Gasteiger partial charge on any atom is -0.339 e. The summed E-state index contributed by atoms with van der Waals surface area (Å²) in [6.07, 6.45) is 13.3. The lowest BCUT2D eigenvalue weighted by Gasteiger charge is -2.32. The largest absolute Gasteiger partial charge is 0.339 e. The van der Waals surface area contributed by atoms with E-state index in [1.54, 1.807) is 35.5 Å². The molecule has 0 aromatic carbocycles. The van der Waals surface area contributed by atoms with Crippen LogP contribution in [0.1, 0.15) is 24.2 Å². The van der Waals surface area contributed by atoms with E-state index in [1.165, 1.54) is 0 Å². The maximum Gasteiger partial charge on any atom is 0.246 e. The average Bonchev–Trinajstić information content (AvgIpc) is 3.19. The molecule has 0 bridgehead atoms. The number of piperidine rings is 1. The van der Waals surface area contributed by atoms with Gasteiger partial charge in [0.25, 0.3) is 0 Å². The number of hydrogen-bond donors (Lipinski definition) is 1. The molecule has 8 nitrogen and oxygen atoms in total. The quantitative estimate of drug-likeness (QED) is 0.637. The standard InChI is InChI=1S/C22H25N7O/c1-28-19(9-11-26-28)7-8-22(30)29-12-4-5-17(16-29)13-18-14-25-21(15-24-18)27-20-6-2-3-10-23-20/h2-3,6-11,14-15,17H,4-5,12-13,16H2,1H3,(H,23,25,27)/b8-7+/t17-/m1/s1. The number of nitrogens with zero attached hydrogens (tertiary/aromatic N) is 6. The third-order valence-electron chi connectivity index (χ3n) is 5.21. The molecule has 0 radical (unpaired) electrons. The Bertz CT molecular complexity index is 998. The summed E-state index contributed by atoms with van der Waals surface area (Å²) in [5, 5.41) is 7.25. The zero-order valence-corrected chi connectivity index (χ0v) is 17.0. The number of hydrogen-bond acceptors (Lipinski definition) is 6. The smallest absolute Gasteiger partial charge is 0.246 e. The van der Waals surface area contributed by atoms with Gasteiger partial charge in [-0.25, -0.2) is 9.97 Å². The van der Waals surface area contributed by atoms with E-state index in [-0.39, 0.29) is 5.91 Å². The molecular weight excluding hydrogens is 378 g/mol. The highest BCUT2D eigenvalue weighted by atomic mass is 16.2. The van der Waals surface area contributed by atoms with Crippen molar-refractivity contribution in [1.29, 1.82) is 0 Å². The summed E-state index contributed by atoms with van der Waals surface area (Å²) in [4.78, 5) is 27.7. The number of carbonyl (C=O) groups is 1. The maximum absolute atomic E-state index is 12.6. The number of likely N-dealkylation sites (tertiary alicyclic amines) is 1. The van der Waals surface area contributed by atoms with E-state index < -0.39 is 0 Å². The van der Waals surface area contributed by atoms with E-state index in [4.69, 9.17) is 0 Å². The number of anilines is 2. The third-order valence-corrected chi connectivity index (χ3v) is 5.21. The number of rotatable bonds is 6. The van der Waals surface area contributed by atoms with Crippen LogP contribution in [0.5, 0.6) is 0 Å². The van der Waals surface area contributed by atoms with Crippen LogP contribution in [0, 0.1) is 5.92 Å². The molecule has 30 heavy (non-hydrogen) atoms. The molecule has 4 rings (SSSR count). The van der Waals surface area contributed by atoms with Gasteiger partial charge in [0.05, 0.1) is 23.8 Å². The lowest BCUT2D eigenvalue weighted by molar-refractivity contribution is -0.127. The van der Waals surface area contributed by atoms with Gasteiger partial charge >= 0.3 is 0 Å². The van der Waals surface area contributed by atoms with Crippen LogP contribution in [0.3, 0.4) is 0 Å². The van der Waals surface area contributed by atoms with E-state index >= 15 is 0 Å². The number of aryl methyl sites for hydroxylation is 1. The second-order valence-corrected chi connectivity index (χ2v) is 7.44. The van der Waals surface area contributed by atoms with Crippen LogP contribution in [0.2, 0.25) is 0 Å². The molecule has 1 aliphatic heterocycles. The zero-order chi connectivity index (χ0) is 20.8. The molecular formula is C22H25N7O. The summed E-state index contributed by atoms with van der Waals surface area (Å²) >= 11 is 0. The molecule has 1 aliphatic rings. The summed E-state index contributed by atoms with van der Waals surface area (Å²) in [7, 11) is 1.86. The number of nitrogens with one attached hydrogen (secondary N) is 1. The number of carbonyl (C=O) groups excluding carboxylic acids is 1. The molecule has 0 saturated carbocycles. The first-order valence-corrected chi connectivity index (χ1v) is 10.1. The Morgan fingerprint density at radius 1 is 1.17 bits per heavy atom. The predicted octanol–water partition coefficient (Wildman–Crippen LogP) is 2.84. The first kappa shape index (κ1) is 19.8. The fourth-order valence-corrected chi connectivity index (χ4v) is 3.63. The molecule has 3 aromatic heterocycles. The number of pyridine rings is 1. The monoisotopic (exact) mass is 403 g/mol. The summed E-state index contributed by atoms with van der Waals surface area (Å²) in [6, 6.07) is 7.55. The maximum atomic E-state index is 12.6. The first-order chi connectivity index (χ1) is 14.7. The van der Waals surface area contributed by atoms with E-state index in [9.17, 15) is 4.79 Å². The van der Waals surface area contributed by atoms with Crippen LogP contribution < -0.4 is 5.32 Å². The molecule has 154 valence electrons. The topological polar surface area (TPSA) is 88.8 Å². The van der Waals surface area contributed by atoms with Crippen LogP contribution in [-0.4, -0.2) is 48.6 Å². The van der Waals surface area contributed by atoms with Gasteiger partial charge in [-0.05, 0) is 49.5 Å². The van der Waals surface area contributed by atoms with Gasteiger partial charge in [0.1, 0.15) is 11.6 Å². The Labute approximate surface area is 175 Å². The van der Waals surface area contributed by atoms with Gasteiger partial charge in [0.15, 0.2) is 0 Å². The SMILES string of the molecule is Cn1nccc1/C=C/C(=O)N1CCC[C@H](Cc2cnc(Nc3ccccn3)cn2)C1. The molecule has 1 fully saturated rings. The highest BCUT2D eigenvalue weighted by Gasteiger charge is 2.23. The van der Waals surface area contributed by atoms with Crippen LogP contribution in [0.25, 0.3) is 6.08 Å². The van der Waals surface area contributed by atoms with Gasteiger partial charge in [0, 0.05) is 38.6 Å². The van der Waals surface area contributed by atoms with Crippen molar-refractivity contribution in [2.75, 3.05) is 18.4 Å². The molecule has 0 unspecified atom stereocenters. The molecule has 1 saturated heterocycles. The van der Waals surface area contributed by atoms with Crippen LogP contribution >= 0.6 is 0 Å². The molecule has 1 atom stereocenters. The van der Waals surface area contributed by atoms with Crippen LogP contribution in [0.4, 0.5) is 11.6 Å². The van der Waals surface area contributed by atoms with Crippen molar-refractivity contribution in [2.24, 2.45) is 13.0 Å². The average molecular weight is 403 g/mol. The molecule has 0 spiro atoms. The van der Waals surface area contributed by atoms with Crippen molar-refractivity contribution < 1.29 is 4.79 Å². The Morgan fingerprint density at radius 2 is 2.10 bits per heavy atom. The normalized spacial score (nSPS) is 16.7. The highest BCUT2D eigenvalue weighted by Crippen LogP contribution is 2.21. The fourth-order valence-electron chi connectivity index (χ4n) is 3.63. The minimum atomic E-state index is 0.0434. The van der Waals surface area contributed by atoms with E-state index in [2.05, 4.69) is 25.4 Å². The Hall–Kier alpha value is -3.55. The first-order valence-electron chi connectivity index (χ1n) is 10.1. The Morgan fingerprint density at radius 3 is 2.83 bits per heavy atom. The van der Waals surface area contributed by atoms with Gasteiger partial charge in [-0.15, -0.1) is 0 Å². The number of amides is 1. The fraction of sp³-hybridized carbons (Fsp3) is 0.318. The van der Waals surface area contributed by atoms with Crippen molar-refractivity contribution >= 4 is 23.6 Å². The zero-order valence-electron chi connectivity index (χ0n) is 17.0. The van der Waals surface area contributed by atoms with Crippen molar-refractivity contribution in [3.63, 3.8) is 0 Å². The molecule has 4 heterocycles. The summed E-state index contributed by atoms with van der Waals surface area (Å²) in [6.45, 7) is 1.54. The van der Waals surface area contributed by atoms with Crippen molar-refractivity contribution in [3.05, 3.63) is 66.5 Å². The number of aromatic nitrogens is 5. The van der Waals surface area contributed by atoms with Gasteiger partial charge in [-0.1, -0.05) is 6.07 Å². The molecule has 1 amide bonds. The van der Waals surface area contributed by atoms with Crippen LogP contribution in [0.15, 0.2) is 55.1 Å². The van der Waals surface area contributed by atoms with E-state index in [0.29, 0.717) is 11.7 Å². The summed E-state index contributed by atoms with van der Waals surface area (Å²) in [5.74, 6) is 1.83. The van der Waals surface area contributed by atoms with E-state index in [1.807, 2.05) is 42.3 Å². The minimum absolute atomic E-state index is 0.0434. The second kappa shape index (κ2) is 9.30. The Balaban J connectivity index is 1.32. The molecule has 8 heteroatoms.